The maximum atomic E-state index is 10.6. The average molecular weight is 181 g/mol. The van der Waals surface area contributed by atoms with Gasteiger partial charge in [-0.15, -0.1) is 0 Å². The molecule has 0 aromatic carbocycles. The van der Waals surface area contributed by atoms with E-state index in [-0.39, 0.29) is 0 Å². The van der Waals surface area contributed by atoms with Gasteiger partial charge in [0.25, 0.3) is 0 Å². The van der Waals surface area contributed by atoms with Crippen molar-refractivity contribution in [2.75, 3.05) is 6.54 Å². The van der Waals surface area contributed by atoms with Crippen molar-refractivity contribution in [3.63, 3.8) is 0 Å². The van der Waals surface area contributed by atoms with Crippen LogP contribution >= 0.6 is 7.60 Å². The number of rotatable bonds is 5. The molecular formula is C6H16NO3P. The average Bonchev–Trinajstić information content (AvgIpc) is 1.86. The molecule has 0 aliphatic carbocycles. The SMILES string of the molecule is C[C@@H](CCCCN)P(=O)(O)O. The van der Waals surface area contributed by atoms with Gasteiger partial charge in [0.05, 0.1) is 5.66 Å². The van der Waals surface area contributed by atoms with E-state index in [9.17, 15) is 4.57 Å². The Morgan fingerprint density at radius 2 is 2.00 bits per heavy atom. The van der Waals surface area contributed by atoms with E-state index >= 15 is 0 Å². The summed E-state index contributed by atoms with van der Waals surface area (Å²) in [6.45, 7) is 2.16. The van der Waals surface area contributed by atoms with Crippen LogP contribution in [-0.2, 0) is 4.57 Å². The molecule has 0 saturated carbocycles. The Bertz CT molecular complexity index is 145. The van der Waals surface area contributed by atoms with Crippen molar-refractivity contribution in [3.8, 4) is 0 Å². The van der Waals surface area contributed by atoms with Crippen LogP contribution in [0.2, 0.25) is 0 Å². The fourth-order valence-electron chi connectivity index (χ4n) is 0.752. The van der Waals surface area contributed by atoms with Crippen molar-refractivity contribution in [3.05, 3.63) is 0 Å². The zero-order chi connectivity index (χ0) is 8.91. The summed E-state index contributed by atoms with van der Waals surface area (Å²) in [5.41, 5.74) is 4.71. The normalized spacial score (nSPS) is 14.9. The molecule has 0 aliphatic heterocycles. The molecule has 0 aliphatic rings. The van der Waals surface area contributed by atoms with Crippen LogP contribution < -0.4 is 5.73 Å². The van der Waals surface area contributed by atoms with Gasteiger partial charge in [0.15, 0.2) is 0 Å². The molecule has 0 unspecified atom stereocenters. The Kier molecular flexibility index (Phi) is 4.93. The molecule has 68 valence electrons. The first-order valence-corrected chi connectivity index (χ1v) is 5.42. The molecule has 4 N–H and O–H groups in total. The molecule has 5 heteroatoms. The minimum atomic E-state index is -3.84. The van der Waals surface area contributed by atoms with Gasteiger partial charge in [0.1, 0.15) is 0 Å². The maximum absolute atomic E-state index is 10.6. The van der Waals surface area contributed by atoms with Gasteiger partial charge in [0, 0.05) is 0 Å². The third kappa shape index (κ3) is 5.39. The largest absolute Gasteiger partial charge is 0.330 e. The molecule has 0 aromatic rings. The number of nitrogens with two attached hydrogens (primary N) is 1. The first-order valence-electron chi connectivity index (χ1n) is 3.73. The second-order valence-electron chi connectivity index (χ2n) is 2.72. The van der Waals surface area contributed by atoms with Crippen LogP contribution in [0.1, 0.15) is 26.2 Å². The summed E-state index contributed by atoms with van der Waals surface area (Å²) in [6.07, 6.45) is 2.19. The molecule has 0 bridgehead atoms. The maximum Gasteiger partial charge on any atom is 0.328 e. The Balaban J connectivity index is 3.53. The molecule has 0 spiro atoms. The molecular weight excluding hydrogens is 165 g/mol. The summed E-state index contributed by atoms with van der Waals surface area (Å²) in [7, 11) is -3.84. The summed E-state index contributed by atoms with van der Waals surface area (Å²) in [5, 5.41) is 0. The second kappa shape index (κ2) is 4.88. The third-order valence-electron chi connectivity index (χ3n) is 1.65. The molecule has 0 fully saturated rings. The van der Waals surface area contributed by atoms with E-state index in [1.165, 1.54) is 0 Å². The Morgan fingerprint density at radius 3 is 2.36 bits per heavy atom. The lowest BCUT2D eigenvalue weighted by Crippen LogP contribution is -2.05. The molecule has 1 atom stereocenters. The quantitative estimate of drug-likeness (QED) is 0.430. The van der Waals surface area contributed by atoms with E-state index in [0.717, 1.165) is 12.8 Å². The van der Waals surface area contributed by atoms with E-state index in [2.05, 4.69) is 0 Å². The Labute approximate surface area is 67.0 Å². The van der Waals surface area contributed by atoms with E-state index in [0.29, 0.717) is 13.0 Å². The molecule has 0 radical (unpaired) electrons. The van der Waals surface area contributed by atoms with Gasteiger partial charge in [-0.1, -0.05) is 13.3 Å². The molecule has 0 amide bonds. The van der Waals surface area contributed by atoms with Gasteiger partial charge in [-0.3, -0.25) is 4.57 Å². The van der Waals surface area contributed by atoms with E-state index in [1.54, 1.807) is 6.92 Å². The second-order valence-corrected chi connectivity index (χ2v) is 4.78. The summed E-state index contributed by atoms with van der Waals surface area (Å²) in [5.74, 6) is 0. The van der Waals surface area contributed by atoms with E-state index in [4.69, 9.17) is 15.5 Å². The van der Waals surface area contributed by atoms with Crippen LogP contribution in [0.4, 0.5) is 0 Å². The lowest BCUT2D eigenvalue weighted by Gasteiger charge is -2.11. The molecule has 0 rings (SSSR count). The molecule has 0 aromatic heterocycles. The zero-order valence-corrected chi connectivity index (χ0v) is 7.63. The summed E-state index contributed by atoms with van der Waals surface area (Å²) in [4.78, 5) is 17.3. The summed E-state index contributed by atoms with van der Waals surface area (Å²) >= 11 is 0. The minimum absolute atomic E-state index is 0.519. The van der Waals surface area contributed by atoms with E-state index < -0.39 is 13.3 Å². The predicted molar refractivity (Wildman–Crippen MR) is 44.4 cm³/mol. The highest BCUT2D eigenvalue weighted by atomic mass is 31.2. The first-order chi connectivity index (χ1) is 4.98. The zero-order valence-electron chi connectivity index (χ0n) is 6.73. The van der Waals surface area contributed by atoms with Gasteiger partial charge in [-0.25, -0.2) is 0 Å². The number of hydrogen-bond acceptors (Lipinski definition) is 2. The lowest BCUT2D eigenvalue weighted by atomic mass is 10.2. The highest BCUT2D eigenvalue weighted by Crippen LogP contribution is 2.42. The first kappa shape index (κ1) is 11.1. The fraction of sp³-hybridized carbons (Fsp3) is 1.00. The van der Waals surface area contributed by atoms with Gasteiger partial charge in [-0.2, -0.15) is 0 Å². The monoisotopic (exact) mass is 181 g/mol. The van der Waals surface area contributed by atoms with Gasteiger partial charge in [0.2, 0.25) is 0 Å². The minimum Gasteiger partial charge on any atom is -0.330 e. The lowest BCUT2D eigenvalue weighted by molar-refractivity contribution is 0.356. The summed E-state index contributed by atoms with van der Waals surface area (Å²) < 4.78 is 10.6. The van der Waals surface area contributed by atoms with Crippen LogP contribution in [-0.4, -0.2) is 22.0 Å². The summed E-state index contributed by atoms with van der Waals surface area (Å²) in [6, 6.07) is 0. The van der Waals surface area contributed by atoms with Crippen molar-refractivity contribution >= 4 is 7.60 Å². The fourth-order valence-corrected chi connectivity index (χ4v) is 1.27. The molecule has 0 heterocycles. The Morgan fingerprint density at radius 1 is 1.45 bits per heavy atom. The van der Waals surface area contributed by atoms with Crippen molar-refractivity contribution in [1.29, 1.82) is 0 Å². The molecule has 4 nitrogen and oxygen atoms in total. The van der Waals surface area contributed by atoms with Crippen LogP contribution in [0.25, 0.3) is 0 Å². The van der Waals surface area contributed by atoms with Gasteiger partial charge in [-0.05, 0) is 19.4 Å². The van der Waals surface area contributed by atoms with E-state index in [1.807, 2.05) is 0 Å². The van der Waals surface area contributed by atoms with Crippen molar-refractivity contribution in [1.82, 2.24) is 0 Å². The standard InChI is InChI=1S/C6H16NO3P/c1-6(11(8,9)10)4-2-3-5-7/h6H,2-5,7H2,1H3,(H2,8,9,10)/t6-/m0/s1. The topological polar surface area (TPSA) is 83.6 Å². The van der Waals surface area contributed by atoms with Gasteiger partial charge < -0.3 is 15.5 Å². The van der Waals surface area contributed by atoms with Crippen LogP contribution in [0.5, 0.6) is 0 Å². The molecule has 0 saturated heterocycles. The van der Waals surface area contributed by atoms with Crippen molar-refractivity contribution in [2.24, 2.45) is 5.73 Å². The Hall–Kier alpha value is 0.110. The molecule has 11 heavy (non-hydrogen) atoms. The predicted octanol–water partition coefficient (Wildman–Crippen LogP) is 0.682. The highest BCUT2D eigenvalue weighted by Gasteiger charge is 2.22. The van der Waals surface area contributed by atoms with Crippen molar-refractivity contribution < 1.29 is 14.4 Å². The number of hydrogen-bond donors (Lipinski definition) is 3. The van der Waals surface area contributed by atoms with Crippen LogP contribution in [0.15, 0.2) is 0 Å². The number of unbranched alkanes of at least 4 members (excludes halogenated alkanes) is 1. The third-order valence-corrected chi connectivity index (χ3v) is 3.06. The van der Waals surface area contributed by atoms with Crippen molar-refractivity contribution in [2.45, 2.75) is 31.8 Å². The highest BCUT2D eigenvalue weighted by molar-refractivity contribution is 7.52. The van der Waals surface area contributed by atoms with Crippen LogP contribution in [0, 0.1) is 0 Å². The van der Waals surface area contributed by atoms with Crippen LogP contribution in [0.3, 0.4) is 0 Å². The van der Waals surface area contributed by atoms with Gasteiger partial charge >= 0.3 is 7.60 Å². The smallest absolute Gasteiger partial charge is 0.328 e.